The monoisotopic (exact) mass is 913 g/mol. The standard InChI is InChI=1S/C45H43N4O7P.C6H13NO2/c1-26(2)41(28(4)50)47-39(51)19-17-29-16-18-37-35(20-29)45-21-27(3)43-46-22-38(55-43)33-23-49(25-54-57(52)53-24-30-10-6-5-7-11-30)36-15-9-12-31(40(33)36)32-13-8-14-34(45)42(32)48-44(45)56-37;1-3-6(9,4-2)5(7)8/h5-16,18,20-23,26,41,44,48,50,52H,4,17,19,24-25H2,1-3H3,(H,47,51);9H,3-4H2,1-2H3,(H2,7,8)/b27-21-;. The lowest BCUT2D eigenvalue weighted by atomic mass is 9.73. The molecule has 344 valence electrons. The Morgan fingerprint density at radius 2 is 1.74 bits per heavy atom. The number of aromatic nitrogens is 2. The number of allylic oxidation sites excluding steroid dienone is 1. The molecule has 4 atom stereocenters. The van der Waals surface area contributed by atoms with E-state index in [4.69, 9.17) is 28.9 Å². The molecule has 0 radical (unpaired) electrons. The second kappa shape index (κ2) is 18.9. The topological polar surface area (TPSA) is 204 Å². The highest BCUT2D eigenvalue weighted by atomic mass is 31.2. The molecule has 0 fully saturated rings. The highest BCUT2D eigenvalue weighted by Crippen LogP contribution is 2.58. The summed E-state index contributed by atoms with van der Waals surface area (Å²) in [5.41, 5.74) is 12.4. The first-order valence-corrected chi connectivity index (χ1v) is 23.3. The molecule has 3 aliphatic rings. The fourth-order valence-corrected chi connectivity index (χ4v) is 9.59. The van der Waals surface area contributed by atoms with Crippen molar-refractivity contribution in [2.24, 2.45) is 11.7 Å². The second-order valence-corrected chi connectivity index (χ2v) is 18.3. The van der Waals surface area contributed by atoms with Gasteiger partial charge in [-0.1, -0.05) is 113 Å². The summed E-state index contributed by atoms with van der Waals surface area (Å²) in [4.78, 5) is 38.9. The summed E-state index contributed by atoms with van der Waals surface area (Å²) >= 11 is 0. The maximum Gasteiger partial charge on any atom is 0.331 e. The zero-order valence-corrected chi connectivity index (χ0v) is 38.6. The normalized spacial score (nSPS) is 18.2. The van der Waals surface area contributed by atoms with Crippen molar-refractivity contribution < 1.29 is 42.9 Å². The maximum absolute atomic E-state index is 13.0. The van der Waals surface area contributed by atoms with Gasteiger partial charge in [-0.2, -0.15) is 0 Å². The van der Waals surface area contributed by atoms with Crippen molar-refractivity contribution in [1.29, 1.82) is 0 Å². The number of nitrogens with one attached hydrogen (secondary N) is 2. The van der Waals surface area contributed by atoms with Gasteiger partial charge in [-0.15, -0.1) is 0 Å². The van der Waals surface area contributed by atoms with Gasteiger partial charge in [0.2, 0.25) is 17.7 Å². The third-order valence-electron chi connectivity index (χ3n) is 12.8. The van der Waals surface area contributed by atoms with E-state index >= 15 is 0 Å². The Kier molecular flexibility index (Phi) is 13.3. The van der Waals surface area contributed by atoms with E-state index in [1.807, 2.05) is 86.1 Å². The minimum atomic E-state index is -2.15. The van der Waals surface area contributed by atoms with Crippen LogP contribution in [-0.4, -0.2) is 54.3 Å². The molecule has 7 N–H and O–H groups in total. The number of anilines is 1. The highest BCUT2D eigenvalue weighted by molar-refractivity contribution is 7.40. The number of primary amides is 1. The minimum absolute atomic E-state index is 0.00741. The third-order valence-corrected chi connectivity index (χ3v) is 13.5. The Labute approximate surface area is 385 Å². The fraction of sp³-hybridized carbons (Fsp3) is 0.314. The minimum Gasteiger partial charge on any atom is -0.511 e. The summed E-state index contributed by atoms with van der Waals surface area (Å²) in [7, 11) is -2.15. The average molecular weight is 914 g/mol. The van der Waals surface area contributed by atoms with E-state index in [9.17, 15) is 24.7 Å². The molecular formula is C51H56N5O9P. The number of amides is 2. The predicted molar refractivity (Wildman–Crippen MR) is 255 cm³/mol. The molecule has 2 aromatic heterocycles. The highest BCUT2D eigenvalue weighted by Gasteiger charge is 2.55. The number of nitrogens with two attached hydrogens (primary N) is 1. The quantitative estimate of drug-likeness (QED) is 0.0423. The lowest BCUT2D eigenvalue weighted by Gasteiger charge is -2.26. The van der Waals surface area contributed by atoms with Gasteiger partial charge in [-0.3, -0.25) is 14.1 Å². The van der Waals surface area contributed by atoms with Crippen LogP contribution in [0.15, 0.2) is 120 Å². The molecule has 14 nitrogen and oxygen atoms in total. The first-order valence-electron chi connectivity index (χ1n) is 22.1. The van der Waals surface area contributed by atoms with Crippen molar-refractivity contribution in [2.45, 2.75) is 96.9 Å². The van der Waals surface area contributed by atoms with Crippen molar-refractivity contribution in [3.8, 4) is 28.2 Å². The molecule has 0 aliphatic carbocycles. The molecule has 4 aromatic carbocycles. The first-order chi connectivity index (χ1) is 31.7. The number of fused-ring (bicyclic) bond motifs is 5. The van der Waals surface area contributed by atoms with Crippen LogP contribution in [0.25, 0.3) is 38.9 Å². The van der Waals surface area contributed by atoms with Gasteiger partial charge >= 0.3 is 8.60 Å². The Hall–Kier alpha value is -6.28. The first kappa shape index (κ1) is 46.3. The average Bonchev–Trinajstić information content (AvgIpc) is 4.09. The molecule has 66 heavy (non-hydrogen) atoms. The van der Waals surface area contributed by atoms with Crippen molar-refractivity contribution in [2.75, 3.05) is 5.32 Å². The molecule has 1 spiro atoms. The van der Waals surface area contributed by atoms with E-state index < -0.39 is 37.8 Å². The van der Waals surface area contributed by atoms with Crippen molar-refractivity contribution in [1.82, 2.24) is 14.9 Å². The largest absolute Gasteiger partial charge is 0.511 e. The molecule has 4 unspecified atom stereocenters. The number of aryl methyl sites for hydroxylation is 1. The van der Waals surface area contributed by atoms with Gasteiger partial charge in [-0.25, -0.2) is 4.98 Å². The molecule has 15 heteroatoms. The number of ether oxygens (including phenoxy) is 1. The molecule has 6 aromatic rings. The number of hydrogen-bond acceptors (Lipinski definition) is 11. The van der Waals surface area contributed by atoms with Crippen molar-refractivity contribution in [3.63, 3.8) is 0 Å². The van der Waals surface area contributed by atoms with Crippen LogP contribution >= 0.6 is 8.60 Å². The zero-order chi connectivity index (χ0) is 46.9. The van der Waals surface area contributed by atoms with E-state index in [-0.39, 0.29) is 37.3 Å². The van der Waals surface area contributed by atoms with Crippen LogP contribution in [0.4, 0.5) is 5.69 Å². The SMILES string of the molecule is C=C(O)C(NC(=O)CCc1ccc2c(c1)C13/C=C(/C)c4ncc(o4)-c4cn(COP(O)OCc5ccccc5)c5cccc(c45)-c4cccc1c4NC3O2)C(C)C.CCC(O)(CC)C(N)=O. The fourth-order valence-electron chi connectivity index (χ4n) is 9.03. The third kappa shape index (κ3) is 8.75. The number of carbonyl (C=O) groups is 2. The van der Waals surface area contributed by atoms with Crippen LogP contribution in [0.1, 0.15) is 82.0 Å². The van der Waals surface area contributed by atoms with Crippen molar-refractivity contribution in [3.05, 3.63) is 144 Å². The number of para-hydroxylation sites is 1. The second-order valence-electron chi connectivity index (χ2n) is 17.3. The van der Waals surface area contributed by atoms with E-state index in [2.05, 4.69) is 53.6 Å². The van der Waals surface area contributed by atoms with Crippen LogP contribution < -0.4 is 21.1 Å². The molecule has 0 saturated heterocycles. The number of nitrogens with zero attached hydrogens (tertiary/aromatic N) is 2. The molecule has 9 rings (SSSR count). The lowest BCUT2D eigenvalue weighted by molar-refractivity contribution is -0.136. The van der Waals surface area contributed by atoms with Gasteiger partial charge in [0.1, 0.15) is 29.3 Å². The van der Waals surface area contributed by atoms with Crippen LogP contribution in [0.5, 0.6) is 5.75 Å². The lowest BCUT2D eigenvalue weighted by Crippen LogP contribution is -2.42. The summed E-state index contributed by atoms with van der Waals surface area (Å²) in [5, 5.41) is 26.9. The summed E-state index contributed by atoms with van der Waals surface area (Å²) in [5.74, 6) is 1.02. The van der Waals surface area contributed by atoms with E-state index in [0.717, 1.165) is 66.9 Å². The van der Waals surface area contributed by atoms with Crippen molar-refractivity contribution >= 4 is 42.6 Å². The van der Waals surface area contributed by atoms with Crippen LogP contribution in [0.3, 0.4) is 0 Å². The summed E-state index contributed by atoms with van der Waals surface area (Å²) in [6.45, 7) is 13.3. The Morgan fingerprint density at radius 1 is 1.00 bits per heavy atom. The van der Waals surface area contributed by atoms with Gasteiger partial charge in [-0.05, 0) is 66.5 Å². The predicted octanol–water partition coefficient (Wildman–Crippen LogP) is 9.39. The number of oxazole rings is 1. The van der Waals surface area contributed by atoms with Gasteiger partial charge in [0.25, 0.3) is 0 Å². The summed E-state index contributed by atoms with van der Waals surface area (Å²) in [6.07, 6.45) is 6.98. The van der Waals surface area contributed by atoms with E-state index in [1.54, 1.807) is 20.0 Å². The Morgan fingerprint density at radius 3 is 2.44 bits per heavy atom. The number of hydrogen-bond donors (Lipinski definition) is 6. The Balaban J connectivity index is 0.000000597. The van der Waals surface area contributed by atoms with Gasteiger partial charge < -0.3 is 49.7 Å². The molecule has 0 saturated carbocycles. The van der Waals surface area contributed by atoms with E-state index in [1.165, 1.54) is 0 Å². The van der Waals surface area contributed by atoms with Gasteiger partial charge in [0.15, 0.2) is 12.0 Å². The number of rotatable bonds is 15. The van der Waals surface area contributed by atoms with E-state index in [0.29, 0.717) is 30.9 Å². The number of benzene rings is 4. The van der Waals surface area contributed by atoms with Crippen LogP contribution in [0.2, 0.25) is 0 Å². The summed E-state index contributed by atoms with van der Waals surface area (Å²) < 4.78 is 26.8. The molecule has 3 aliphatic heterocycles. The molecule has 2 amide bonds. The molecule has 5 heterocycles. The number of carbonyl (C=O) groups excluding carboxylic acids is 2. The Bertz CT molecular complexity index is 2810. The smallest absolute Gasteiger partial charge is 0.331 e. The van der Waals surface area contributed by atoms with Gasteiger partial charge in [0.05, 0.1) is 24.4 Å². The maximum atomic E-state index is 13.0. The number of aliphatic hydroxyl groups excluding tert-OH is 1. The van der Waals surface area contributed by atoms with Gasteiger partial charge in [0, 0.05) is 46.0 Å². The molecular weight excluding hydrogens is 858 g/mol. The zero-order valence-electron chi connectivity index (χ0n) is 37.7. The molecule has 6 bridgehead atoms. The van der Waals surface area contributed by atoms with Crippen LogP contribution in [-0.2, 0) is 43.8 Å². The summed E-state index contributed by atoms with van der Waals surface area (Å²) in [6, 6.07) is 27.8. The van der Waals surface area contributed by atoms with Crippen LogP contribution in [0, 0.1) is 5.92 Å². The number of aliphatic hydroxyl groups is 2.